The number of anilines is 2. The lowest BCUT2D eigenvalue weighted by atomic mass is 9.92. The van der Waals surface area contributed by atoms with Crippen molar-refractivity contribution < 1.29 is 9.59 Å². The molecule has 2 rings (SSSR count). The van der Waals surface area contributed by atoms with Crippen molar-refractivity contribution in [3.05, 3.63) is 10.4 Å². The van der Waals surface area contributed by atoms with Crippen LogP contribution in [0.1, 0.15) is 46.7 Å². The number of rotatable bonds is 6. The maximum absolute atomic E-state index is 11.8. The Kier molecular flexibility index (Phi) is 4.13. The predicted octanol–water partition coefficient (Wildman–Crippen LogP) is 1.64. The van der Waals surface area contributed by atoms with Crippen molar-refractivity contribution in [2.24, 2.45) is 17.1 Å². The maximum atomic E-state index is 11.8. The second-order valence-corrected chi connectivity index (χ2v) is 6.88. The SMILES string of the molecule is CNC(=O)c1sc(NCC2(C(C)C)CC2)c(C(N)=O)c1N. The van der Waals surface area contributed by atoms with Crippen molar-refractivity contribution in [1.82, 2.24) is 5.32 Å². The van der Waals surface area contributed by atoms with E-state index in [9.17, 15) is 9.59 Å². The molecular weight excluding hydrogens is 288 g/mol. The molecule has 0 aliphatic heterocycles. The van der Waals surface area contributed by atoms with Crippen LogP contribution in [-0.4, -0.2) is 25.4 Å². The molecule has 0 radical (unpaired) electrons. The molecule has 1 heterocycles. The Morgan fingerprint density at radius 1 is 1.38 bits per heavy atom. The molecule has 1 aromatic rings. The van der Waals surface area contributed by atoms with Crippen molar-refractivity contribution in [2.75, 3.05) is 24.6 Å². The zero-order valence-corrected chi connectivity index (χ0v) is 13.4. The molecule has 0 unspecified atom stereocenters. The number of amides is 2. The number of carbonyl (C=O) groups excluding carboxylic acids is 2. The maximum Gasteiger partial charge on any atom is 0.263 e. The first-order chi connectivity index (χ1) is 9.82. The average Bonchev–Trinajstić information content (AvgIpc) is 3.14. The Hall–Kier alpha value is -1.76. The van der Waals surface area contributed by atoms with Crippen LogP contribution in [-0.2, 0) is 0 Å². The van der Waals surface area contributed by atoms with Gasteiger partial charge in [-0.3, -0.25) is 9.59 Å². The summed E-state index contributed by atoms with van der Waals surface area (Å²) in [5.41, 5.74) is 12.0. The molecule has 1 aliphatic rings. The second kappa shape index (κ2) is 5.55. The molecule has 0 bridgehead atoms. The van der Waals surface area contributed by atoms with Gasteiger partial charge in [-0.1, -0.05) is 13.8 Å². The van der Waals surface area contributed by atoms with Crippen molar-refractivity contribution in [2.45, 2.75) is 26.7 Å². The summed E-state index contributed by atoms with van der Waals surface area (Å²) < 4.78 is 0. The normalized spacial score (nSPS) is 15.8. The Morgan fingerprint density at radius 3 is 2.43 bits per heavy atom. The highest BCUT2D eigenvalue weighted by Crippen LogP contribution is 2.52. The predicted molar refractivity (Wildman–Crippen MR) is 85.6 cm³/mol. The molecule has 0 atom stereocenters. The third-order valence-electron chi connectivity index (χ3n) is 4.34. The molecule has 0 aromatic carbocycles. The lowest BCUT2D eigenvalue weighted by molar-refractivity contribution is 0.0967. The molecular formula is C14H22N4O2S. The van der Waals surface area contributed by atoms with Crippen LogP contribution >= 0.6 is 11.3 Å². The smallest absolute Gasteiger partial charge is 0.263 e. The minimum absolute atomic E-state index is 0.156. The van der Waals surface area contributed by atoms with Gasteiger partial charge in [0.25, 0.3) is 11.8 Å². The molecule has 7 heteroatoms. The van der Waals surface area contributed by atoms with Crippen LogP contribution in [0.5, 0.6) is 0 Å². The summed E-state index contributed by atoms with van der Waals surface area (Å²) in [4.78, 5) is 23.7. The number of thiophene rings is 1. The number of nitrogen functional groups attached to an aromatic ring is 1. The number of hydrogen-bond donors (Lipinski definition) is 4. The van der Waals surface area contributed by atoms with Gasteiger partial charge >= 0.3 is 0 Å². The van der Waals surface area contributed by atoms with E-state index in [1.165, 1.54) is 31.2 Å². The number of hydrogen-bond acceptors (Lipinski definition) is 5. The topological polar surface area (TPSA) is 110 Å². The lowest BCUT2D eigenvalue weighted by Gasteiger charge is -2.20. The zero-order valence-electron chi connectivity index (χ0n) is 12.6. The highest BCUT2D eigenvalue weighted by atomic mass is 32.1. The van der Waals surface area contributed by atoms with Gasteiger partial charge in [-0.25, -0.2) is 0 Å². The van der Waals surface area contributed by atoms with Crippen LogP contribution in [0.15, 0.2) is 0 Å². The number of carbonyl (C=O) groups is 2. The Labute approximate surface area is 128 Å². The third-order valence-corrected chi connectivity index (χ3v) is 5.50. The Morgan fingerprint density at radius 2 is 2.00 bits per heavy atom. The molecule has 6 N–H and O–H groups in total. The van der Waals surface area contributed by atoms with Gasteiger partial charge in [0, 0.05) is 13.6 Å². The number of primary amides is 1. The summed E-state index contributed by atoms with van der Waals surface area (Å²) in [5, 5.41) is 6.38. The van der Waals surface area contributed by atoms with E-state index in [4.69, 9.17) is 11.5 Å². The van der Waals surface area contributed by atoms with E-state index in [0.29, 0.717) is 15.8 Å². The molecule has 6 nitrogen and oxygen atoms in total. The van der Waals surface area contributed by atoms with Crippen molar-refractivity contribution >= 4 is 33.8 Å². The summed E-state index contributed by atoms with van der Waals surface area (Å²) in [6, 6.07) is 0. The van der Waals surface area contributed by atoms with E-state index in [1.54, 1.807) is 0 Å². The third kappa shape index (κ3) is 2.83. The zero-order chi connectivity index (χ0) is 15.8. The quantitative estimate of drug-likeness (QED) is 0.640. The number of nitrogens with two attached hydrogens (primary N) is 2. The first-order valence-corrected chi connectivity index (χ1v) is 7.82. The van der Waals surface area contributed by atoms with E-state index in [1.807, 2.05) is 0 Å². The van der Waals surface area contributed by atoms with Crippen molar-refractivity contribution in [3.63, 3.8) is 0 Å². The molecule has 0 spiro atoms. The van der Waals surface area contributed by atoms with E-state index >= 15 is 0 Å². The van der Waals surface area contributed by atoms with Crippen LogP contribution < -0.4 is 22.1 Å². The van der Waals surface area contributed by atoms with Gasteiger partial charge in [0.1, 0.15) is 9.88 Å². The molecule has 0 saturated heterocycles. The van der Waals surface area contributed by atoms with Crippen molar-refractivity contribution in [1.29, 1.82) is 0 Å². The molecule has 21 heavy (non-hydrogen) atoms. The molecule has 1 fully saturated rings. The average molecular weight is 310 g/mol. The Bertz CT molecular complexity index is 576. The van der Waals surface area contributed by atoms with Gasteiger partial charge in [0.2, 0.25) is 0 Å². The fraction of sp³-hybridized carbons (Fsp3) is 0.571. The summed E-state index contributed by atoms with van der Waals surface area (Å²) in [5.74, 6) is -0.355. The summed E-state index contributed by atoms with van der Waals surface area (Å²) in [6.07, 6.45) is 2.35. The second-order valence-electron chi connectivity index (χ2n) is 5.86. The van der Waals surface area contributed by atoms with E-state index in [2.05, 4.69) is 24.5 Å². The lowest BCUT2D eigenvalue weighted by Crippen LogP contribution is -2.22. The fourth-order valence-electron chi connectivity index (χ4n) is 2.47. The largest absolute Gasteiger partial charge is 0.397 e. The summed E-state index contributed by atoms with van der Waals surface area (Å²) in [6.45, 7) is 5.16. The molecule has 1 aliphatic carbocycles. The molecule has 116 valence electrons. The molecule has 1 saturated carbocycles. The summed E-state index contributed by atoms with van der Waals surface area (Å²) in [7, 11) is 1.52. The van der Waals surface area contributed by atoms with E-state index in [0.717, 1.165) is 6.54 Å². The minimum atomic E-state index is -0.615. The first-order valence-electron chi connectivity index (χ1n) is 7.00. The van der Waals surface area contributed by atoms with Crippen LogP contribution in [0.4, 0.5) is 10.7 Å². The summed E-state index contributed by atoms with van der Waals surface area (Å²) >= 11 is 1.18. The van der Waals surface area contributed by atoms with E-state index < -0.39 is 5.91 Å². The van der Waals surface area contributed by atoms with Gasteiger partial charge < -0.3 is 22.1 Å². The molecule has 1 aromatic heterocycles. The van der Waals surface area contributed by atoms with Crippen LogP contribution in [0.25, 0.3) is 0 Å². The minimum Gasteiger partial charge on any atom is -0.397 e. The van der Waals surface area contributed by atoms with Gasteiger partial charge in [0.05, 0.1) is 11.3 Å². The van der Waals surface area contributed by atoms with Crippen LogP contribution in [0.2, 0.25) is 0 Å². The van der Waals surface area contributed by atoms with Crippen LogP contribution in [0.3, 0.4) is 0 Å². The molecule has 2 amide bonds. The first kappa shape index (κ1) is 15.6. The number of nitrogens with one attached hydrogen (secondary N) is 2. The van der Waals surface area contributed by atoms with Gasteiger partial charge in [0.15, 0.2) is 0 Å². The Balaban J connectivity index is 2.26. The highest BCUT2D eigenvalue weighted by molar-refractivity contribution is 7.19. The van der Waals surface area contributed by atoms with Gasteiger partial charge in [-0.15, -0.1) is 11.3 Å². The standard InChI is InChI=1S/C14H22N4O2S/c1-7(2)14(4-5-14)6-18-13-8(11(16)19)9(15)10(21-13)12(20)17-3/h7,18H,4-6,15H2,1-3H3,(H2,16,19)(H,17,20). The van der Waals surface area contributed by atoms with Crippen molar-refractivity contribution in [3.8, 4) is 0 Å². The van der Waals surface area contributed by atoms with Crippen LogP contribution in [0, 0.1) is 11.3 Å². The van der Waals surface area contributed by atoms with Gasteiger partial charge in [-0.05, 0) is 24.2 Å². The highest BCUT2D eigenvalue weighted by Gasteiger charge is 2.45. The monoisotopic (exact) mass is 310 g/mol. The van der Waals surface area contributed by atoms with E-state index in [-0.39, 0.29) is 22.6 Å². The van der Waals surface area contributed by atoms with Gasteiger partial charge in [-0.2, -0.15) is 0 Å². The fourth-order valence-corrected chi connectivity index (χ4v) is 3.54.